The van der Waals surface area contributed by atoms with Crippen LogP contribution >= 0.6 is 0 Å². The van der Waals surface area contributed by atoms with Gasteiger partial charge in [0.25, 0.3) is 11.8 Å². The summed E-state index contributed by atoms with van der Waals surface area (Å²) in [7, 11) is 0. The molecule has 6 aliphatic rings. The third-order valence-corrected chi connectivity index (χ3v) is 10.5. The fourth-order valence-corrected chi connectivity index (χ4v) is 9.27. The topological polar surface area (TPSA) is 128 Å². The maximum Gasteiger partial charge on any atom is 0.523 e. The number of hydrogen-bond acceptors (Lipinski definition) is 5. The molecule has 206 valence electrons. The van der Waals surface area contributed by atoms with Crippen LogP contribution in [0.1, 0.15) is 32.1 Å². The van der Waals surface area contributed by atoms with Gasteiger partial charge in [0.15, 0.2) is 11.5 Å². The number of alkyl halides is 3. The standard InChI is InChI=1S/C26H18F5N5O4/c27-10-2-1-8(3-9(10)26(29,30)31)5-32-21(37)12-4-13(36-20(35-12)11(28)6-34-36)22(38)33-7-24-14-17-15(24)19-16(24)18(14)25(17,19)23(39)40/h1-4,6,14-19H,5,7H2,(H,32,37)(H,33,38)(H,39,40)/p+1. The van der Waals surface area contributed by atoms with Crippen LogP contribution in [0.5, 0.6) is 0 Å². The number of fused-ring (bicyclic) bond motifs is 1. The van der Waals surface area contributed by atoms with Crippen LogP contribution in [0.4, 0.5) is 22.0 Å². The molecule has 0 aliphatic heterocycles. The van der Waals surface area contributed by atoms with E-state index in [9.17, 15) is 36.3 Å². The third kappa shape index (κ3) is 2.35. The zero-order valence-electron chi connectivity index (χ0n) is 20.2. The molecule has 0 saturated heterocycles. The molecule has 40 heavy (non-hydrogen) atoms. The Labute approximate surface area is 220 Å². The number of halogens is 5. The Morgan fingerprint density at radius 2 is 1.62 bits per heavy atom. The quantitative estimate of drug-likeness (QED) is 0.336. The van der Waals surface area contributed by atoms with E-state index >= 15 is 0 Å². The molecule has 9 rings (SSSR count). The predicted octanol–water partition coefficient (Wildman–Crippen LogP) is 1.68. The van der Waals surface area contributed by atoms with Gasteiger partial charge in [0, 0.05) is 24.0 Å². The second-order valence-corrected chi connectivity index (χ2v) is 11.5. The second-order valence-electron chi connectivity index (χ2n) is 11.5. The van der Waals surface area contributed by atoms with Gasteiger partial charge in [-0.2, -0.15) is 18.3 Å². The van der Waals surface area contributed by atoms with Gasteiger partial charge in [-0.3, -0.25) is 9.59 Å². The smallest absolute Gasteiger partial charge is 0.523 e. The molecule has 0 unspecified atom stereocenters. The first-order valence-electron chi connectivity index (χ1n) is 12.7. The van der Waals surface area contributed by atoms with E-state index in [1.807, 2.05) is 0 Å². The number of carbonyl (C=O) groups is 3. The molecule has 0 bridgehead atoms. The van der Waals surface area contributed by atoms with Gasteiger partial charge in [-0.25, -0.2) is 18.3 Å². The van der Waals surface area contributed by atoms with Crippen molar-refractivity contribution in [1.82, 2.24) is 25.2 Å². The highest BCUT2D eigenvalue weighted by molar-refractivity contribution is 5.98. The Morgan fingerprint density at radius 3 is 2.25 bits per heavy atom. The summed E-state index contributed by atoms with van der Waals surface area (Å²) in [6, 6.07) is 3.42. The van der Waals surface area contributed by atoms with E-state index in [0.29, 0.717) is 36.4 Å². The van der Waals surface area contributed by atoms with E-state index in [-0.39, 0.29) is 45.8 Å². The Kier molecular flexibility index (Phi) is 4.14. The Hall–Kier alpha value is -4.10. The molecule has 6 saturated carbocycles. The minimum Gasteiger partial charge on any atom is -0.564 e. The van der Waals surface area contributed by atoms with E-state index in [1.165, 1.54) is 0 Å². The molecule has 0 radical (unpaired) electrons. The van der Waals surface area contributed by atoms with Crippen LogP contribution in [0.3, 0.4) is 0 Å². The van der Waals surface area contributed by atoms with Crippen LogP contribution in [0, 0.1) is 58.0 Å². The van der Waals surface area contributed by atoms with E-state index < -0.39 is 53.1 Å². The van der Waals surface area contributed by atoms with E-state index in [4.69, 9.17) is 5.11 Å². The van der Waals surface area contributed by atoms with Crippen LogP contribution in [0.2, 0.25) is 0 Å². The molecule has 9 nitrogen and oxygen atoms in total. The van der Waals surface area contributed by atoms with Crippen LogP contribution in [-0.4, -0.2) is 44.0 Å². The van der Waals surface area contributed by atoms with Gasteiger partial charge in [0.05, 0.1) is 11.8 Å². The molecule has 4 N–H and O–H groups in total. The van der Waals surface area contributed by atoms with Gasteiger partial charge in [-0.05, 0) is 58.6 Å². The molecule has 0 spiro atoms. The van der Waals surface area contributed by atoms with Crippen molar-refractivity contribution in [3.05, 3.63) is 64.6 Å². The molecule has 14 heteroatoms. The highest BCUT2D eigenvalue weighted by Crippen LogP contribution is 3.10. The molecular formula is C26H19F5N5O4+. The maximum absolute atomic E-state index is 14.4. The van der Waals surface area contributed by atoms with Crippen molar-refractivity contribution in [2.24, 2.45) is 46.3 Å². The normalized spacial score (nSPS) is 34.9. The first-order chi connectivity index (χ1) is 18.9. The van der Waals surface area contributed by atoms with Gasteiger partial charge < -0.3 is 15.7 Å². The lowest BCUT2D eigenvalue weighted by molar-refractivity contribution is -0.640. The van der Waals surface area contributed by atoms with Gasteiger partial charge in [-0.15, -0.1) is 0 Å². The largest absolute Gasteiger partial charge is 0.564 e. The van der Waals surface area contributed by atoms with Gasteiger partial charge in [-0.1, -0.05) is 6.07 Å². The number of benzene rings is 1. The van der Waals surface area contributed by atoms with Gasteiger partial charge in [0.1, 0.15) is 22.6 Å². The number of rotatable bonds is 7. The van der Waals surface area contributed by atoms with E-state index in [1.54, 1.807) is 0 Å². The fraction of sp³-hybridized carbons (Fsp3) is 0.423. The molecule has 2 amide bonds. The van der Waals surface area contributed by atoms with Crippen molar-refractivity contribution in [1.29, 1.82) is 0 Å². The number of hydrogen-bond donors (Lipinski definition) is 2. The lowest BCUT2D eigenvalue weighted by atomic mass is 8.92. The average Bonchev–Trinajstić information content (AvgIpc) is 3.30. The lowest BCUT2D eigenvalue weighted by Gasteiger charge is -3.09. The minimum absolute atomic E-state index is 0.0287. The first kappa shape index (κ1) is 23.8. The lowest BCUT2D eigenvalue weighted by Crippen LogP contribution is -3.11. The number of amides is 2. The summed E-state index contributed by atoms with van der Waals surface area (Å²) >= 11 is 0. The highest BCUT2D eigenvalue weighted by atomic mass is 19.4. The van der Waals surface area contributed by atoms with Crippen molar-refractivity contribution in [2.75, 3.05) is 6.54 Å². The molecule has 6 aliphatic carbocycles. The SMILES string of the molecule is O=C(NCc1ccc(F)c(C(F)(F)F)c1)c1cc(C(=O)NCC23C4C5C2C2C3C4C52C(=O)[OH2+])n2ncc(F)c2n1. The van der Waals surface area contributed by atoms with Crippen LogP contribution in [-0.2, 0) is 17.5 Å². The van der Waals surface area contributed by atoms with Crippen LogP contribution in [0.25, 0.3) is 5.65 Å². The minimum atomic E-state index is -4.92. The molecule has 2 aromatic heterocycles. The average molecular weight is 560 g/mol. The number of carbonyl (C=O) groups excluding carboxylic acids is 3. The summed E-state index contributed by atoms with van der Waals surface area (Å²) < 4.78 is 68.0. The summed E-state index contributed by atoms with van der Waals surface area (Å²) in [5.74, 6) is -2.51. The van der Waals surface area contributed by atoms with Crippen molar-refractivity contribution in [3.63, 3.8) is 0 Å². The monoisotopic (exact) mass is 560 g/mol. The Bertz CT molecular complexity index is 1660. The maximum atomic E-state index is 14.4. The third-order valence-electron chi connectivity index (χ3n) is 10.5. The number of aromatic nitrogens is 3. The number of nitrogens with one attached hydrogen (secondary N) is 2. The van der Waals surface area contributed by atoms with E-state index in [0.717, 1.165) is 22.8 Å². The summed E-state index contributed by atoms with van der Waals surface area (Å²) in [4.78, 5) is 41.8. The van der Waals surface area contributed by atoms with Crippen molar-refractivity contribution in [2.45, 2.75) is 12.7 Å². The zero-order chi connectivity index (χ0) is 28.1. The van der Waals surface area contributed by atoms with E-state index in [2.05, 4.69) is 20.7 Å². The van der Waals surface area contributed by atoms with Gasteiger partial charge in [0.2, 0.25) is 0 Å². The highest BCUT2D eigenvalue weighted by Gasteiger charge is 3.13. The van der Waals surface area contributed by atoms with Crippen molar-refractivity contribution >= 4 is 23.4 Å². The molecule has 6 fully saturated rings. The summed E-state index contributed by atoms with van der Waals surface area (Å²) in [6.07, 6.45) is -4.08. The predicted molar refractivity (Wildman–Crippen MR) is 122 cm³/mol. The molecular weight excluding hydrogens is 541 g/mol. The molecule has 3 aromatic rings. The first-order valence-corrected chi connectivity index (χ1v) is 12.7. The van der Waals surface area contributed by atoms with Gasteiger partial charge >= 0.3 is 12.1 Å². The second kappa shape index (κ2) is 6.96. The Balaban J connectivity index is 0.995. The Morgan fingerprint density at radius 1 is 0.950 bits per heavy atom. The zero-order valence-corrected chi connectivity index (χ0v) is 20.2. The van der Waals surface area contributed by atoms with Crippen molar-refractivity contribution < 1.29 is 41.4 Å². The number of nitrogens with zero attached hydrogens (tertiary/aromatic N) is 3. The summed E-state index contributed by atoms with van der Waals surface area (Å²) in [5.41, 5.74) is -2.88. The van der Waals surface area contributed by atoms with Crippen molar-refractivity contribution in [3.8, 4) is 0 Å². The summed E-state index contributed by atoms with van der Waals surface area (Å²) in [5, 5.41) is 16.7. The summed E-state index contributed by atoms with van der Waals surface area (Å²) in [6.45, 7) is -0.0460. The van der Waals surface area contributed by atoms with Crippen LogP contribution in [0.15, 0.2) is 30.5 Å². The van der Waals surface area contributed by atoms with Crippen LogP contribution < -0.4 is 10.6 Å². The molecule has 0 atom stereocenters. The molecule has 1 aromatic carbocycles. The molecule has 2 heterocycles. The fourth-order valence-electron chi connectivity index (χ4n) is 9.27.